The summed E-state index contributed by atoms with van der Waals surface area (Å²) < 4.78 is 33.2. The van der Waals surface area contributed by atoms with E-state index in [4.69, 9.17) is 21.3 Å². The summed E-state index contributed by atoms with van der Waals surface area (Å²) in [5.74, 6) is 1.54. The van der Waals surface area contributed by atoms with Crippen molar-refractivity contribution in [2.24, 2.45) is 0 Å². The fourth-order valence-corrected chi connectivity index (χ4v) is 5.66. The van der Waals surface area contributed by atoms with Crippen molar-refractivity contribution in [3.63, 3.8) is 0 Å². The van der Waals surface area contributed by atoms with Gasteiger partial charge in [-0.25, -0.2) is 13.4 Å². The minimum Gasteiger partial charge on any atom is -0.378 e. The highest BCUT2D eigenvalue weighted by Gasteiger charge is 2.30. The van der Waals surface area contributed by atoms with Crippen molar-refractivity contribution in [1.29, 1.82) is 0 Å². The molecule has 2 aliphatic rings. The Labute approximate surface area is 182 Å². The molecule has 4 rings (SSSR count). The molecule has 30 heavy (non-hydrogen) atoms. The van der Waals surface area contributed by atoms with E-state index in [1.165, 1.54) is 10.4 Å². The number of piperazine rings is 1. The predicted octanol–water partition coefficient (Wildman–Crippen LogP) is 2.09. The molecule has 0 spiro atoms. The van der Waals surface area contributed by atoms with Crippen molar-refractivity contribution < 1.29 is 13.2 Å². The number of rotatable bonds is 4. The summed E-state index contributed by atoms with van der Waals surface area (Å²) in [4.78, 5) is 13.9. The van der Waals surface area contributed by atoms with Crippen LogP contribution in [0.3, 0.4) is 0 Å². The fourth-order valence-electron chi connectivity index (χ4n) is 3.75. The number of ether oxygens (including phenoxy) is 1. The zero-order chi connectivity index (χ0) is 21.3. The number of halogens is 1. The van der Waals surface area contributed by atoms with E-state index in [0.717, 1.165) is 24.6 Å². The Morgan fingerprint density at radius 2 is 1.63 bits per heavy atom. The molecule has 2 fully saturated rings. The largest absolute Gasteiger partial charge is 0.378 e. The second kappa shape index (κ2) is 8.66. The molecule has 0 atom stereocenters. The van der Waals surface area contributed by atoms with Gasteiger partial charge in [-0.05, 0) is 31.5 Å². The van der Waals surface area contributed by atoms with Crippen molar-refractivity contribution in [2.45, 2.75) is 18.7 Å². The van der Waals surface area contributed by atoms with Gasteiger partial charge in [-0.15, -0.1) is 0 Å². The van der Waals surface area contributed by atoms with Crippen LogP contribution in [0.25, 0.3) is 0 Å². The number of hydrogen-bond acceptors (Lipinski definition) is 7. The van der Waals surface area contributed by atoms with Gasteiger partial charge in [0.2, 0.25) is 16.0 Å². The van der Waals surface area contributed by atoms with Gasteiger partial charge in [0.25, 0.3) is 0 Å². The number of hydrogen-bond donors (Lipinski definition) is 0. The van der Waals surface area contributed by atoms with Crippen molar-refractivity contribution in [3.05, 3.63) is 40.5 Å². The van der Waals surface area contributed by atoms with Gasteiger partial charge in [0, 0.05) is 56.1 Å². The maximum absolute atomic E-state index is 13.1. The van der Waals surface area contributed by atoms with Crippen LogP contribution in [0.2, 0.25) is 5.02 Å². The molecular weight excluding hydrogens is 426 g/mol. The smallest absolute Gasteiger partial charge is 0.243 e. The molecule has 2 saturated heterocycles. The Morgan fingerprint density at radius 3 is 2.33 bits per heavy atom. The van der Waals surface area contributed by atoms with E-state index in [1.807, 2.05) is 13.0 Å². The molecule has 8 nitrogen and oxygen atoms in total. The van der Waals surface area contributed by atoms with Crippen LogP contribution in [-0.2, 0) is 14.8 Å². The number of aromatic nitrogens is 2. The monoisotopic (exact) mass is 451 g/mol. The average Bonchev–Trinajstić information content (AvgIpc) is 2.75. The van der Waals surface area contributed by atoms with Crippen LogP contribution in [0, 0.1) is 13.8 Å². The molecule has 1 aromatic carbocycles. The quantitative estimate of drug-likeness (QED) is 0.704. The zero-order valence-corrected chi connectivity index (χ0v) is 18.8. The second-order valence-electron chi connectivity index (χ2n) is 7.57. The maximum Gasteiger partial charge on any atom is 0.243 e. The Kier molecular flexibility index (Phi) is 6.15. The molecule has 162 valence electrons. The molecule has 2 aliphatic heterocycles. The SMILES string of the molecule is Cc1cc(N2CCN(S(=O)(=O)c3cc(Cl)ccc3C)CC2)nc(N2CCOCC2)n1. The predicted molar refractivity (Wildman–Crippen MR) is 117 cm³/mol. The fraction of sp³-hybridized carbons (Fsp3) is 0.500. The van der Waals surface area contributed by atoms with E-state index in [9.17, 15) is 8.42 Å². The van der Waals surface area contributed by atoms with E-state index >= 15 is 0 Å². The highest BCUT2D eigenvalue weighted by molar-refractivity contribution is 7.89. The number of sulfonamides is 1. The van der Waals surface area contributed by atoms with Gasteiger partial charge >= 0.3 is 0 Å². The summed E-state index contributed by atoms with van der Waals surface area (Å²) in [5.41, 5.74) is 1.59. The molecule has 0 saturated carbocycles. The molecule has 0 N–H and O–H groups in total. The lowest BCUT2D eigenvalue weighted by Crippen LogP contribution is -2.49. The number of aryl methyl sites for hydroxylation is 2. The van der Waals surface area contributed by atoms with E-state index in [2.05, 4.69) is 14.8 Å². The van der Waals surface area contributed by atoms with Gasteiger partial charge in [-0.1, -0.05) is 17.7 Å². The molecule has 10 heteroatoms. The highest BCUT2D eigenvalue weighted by Crippen LogP contribution is 2.26. The molecule has 0 unspecified atom stereocenters. The normalized spacial score (nSPS) is 18.6. The molecule has 2 aromatic rings. The van der Waals surface area contributed by atoms with E-state index in [1.54, 1.807) is 19.1 Å². The molecular formula is C20H26ClN5O3S. The van der Waals surface area contributed by atoms with Gasteiger partial charge in [0.1, 0.15) is 5.82 Å². The first-order valence-corrected chi connectivity index (χ1v) is 11.9. The number of nitrogens with zero attached hydrogens (tertiary/aromatic N) is 5. The van der Waals surface area contributed by atoms with Crippen LogP contribution in [0.5, 0.6) is 0 Å². The van der Waals surface area contributed by atoms with Gasteiger partial charge in [-0.3, -0.25) is 0 Å². The maximum atomic E-state index is 13.1. The summed E-state index contributed by atoms with van der Waals surface area (Å²) in [5, 5.41) is 0.421. The Morgan fingerprint density at radius 1 is 0.933 bits per heavy atom. The summed E-state index contributed by atoms with van der Waals surface area (Å²) in [6.07, 6.45) is 0. The van der Waals surface area contributed by atoms with Gasteiger partial charge in [-0.2, -0.15) is 9.29 Å². The van der Waals surface area contributed by atoms with Gasteiger partial charge in [0.15, 0.2) is 0 Å². The van der Waals surface area contributed by atoms with Crippen molar-refractivity contribution >= 4 is 33.4 Å². The van der Waals surface area contributed by atoms with Gasteiger partial charge < -0.3 is 14.5 Å². The summed E-state index contributed by atoms with van der Waals surface area (Å²) >= 11 is 6.04. The minimum atomic E-state index is -3.59. The molecule has 0 radical (unpaired) electrons. The van der Waals surface area contributed by atoms with Crippen molar-refractivity contribution in [2.75, 3.05) is 62.3 Å². The third kappa shape index (κ3) is 4.39. The topological polar surface area (TPSA) is 78.9 Å². The first-order valence-electron chi connectivity index (χ1n) is 10.0. The van der Waals surface area contributed by atoms with Gasteiger partial charge in [0.05, 0.1) is 18.1 Å². The first kappa shape index (κ1) is 21.3. The van der Waals surface area contributed by atoms with E-state index in [-0.39, 0.29) is 4.90 Å². The van der Waals surface area contributed by atoms with Crippen LogP contribution < -0.4 is 9.80 Å². The number of benzene rings is 1. The minimum absolute atomic E-state index is 0.274. The zero-order valence-electron chi connectivity index (χ0n) is 17.2. The van der Waals surface area contributed by atoms with Crippen LogP contribution in [-0.4, -0.2) is 75.2 Å². The third-order valence-corrected chi connectivity index (χ3v) is 7.73. The standard InChI is InChI=1S/C20H26ClN5O3S/c1-15-3-4-17(21)14-18(15)30(27,28)26-7-5-24(6-8-26)19-13-16(2)22-20(23-19)25-9-11-29-12-10-25/h3-4,13-14H,5-12H2,1-2H3. The lowest BCUT2D eigenvalue weighted by Gasteiger charge is -2.35. The van der Waals surface area contributed by atoms with Crippen LogP contribution in [0.4, 0.5) is 11.8 Å². The first-order chi connectivity index (χ1) is 14.3. The summed E-state index contributed by atoms with van der Waals surface area (Å²) in [6, 6.07) is 6.93. The Balaban J connectivity index is 1.49. The second-order valence-corrected chi connectivity index (χ2v) is 9.91. The molecule has 3 heterocycles. The van der Waals surface area contributed by atoms with E-state index < -0.39 is 10.0 Å². The summed E-state index contributed by atoms with van der Waals surface area (Å²) in [6.45, 7) is 8.55. The van der Waals surface area contributed by atoms with Crippen LogP contribution in [0.15, 0.2) is 29.2 Å². The molecule has 1 aromatic heterocycles. The Bertz CT molecular complexity index is 1020. The van der Waals surface area contributed by atoms with Crippen molar-refractivity contribution in [1.82, 2.24) is 14.3 Å². The lowest BCUT2D eigenvalue weighted by atomic mass is 10.2. The lowest BCUT2D eigenvalue weighted by molar-refractivity contribution is 0.122. The number of anilines is 2. The summed E-state index contributed by atoms with van der Waals surface area (Å²) in [7, 11) is -3.59. The van der Waals surface area contributed by atoms with Crippen LogP contribution >= 0.6 is 11.6 Å². The molecule has 0 bridgehead atoms. The highest BCUT2D eigenvalue weighted by atomic mass is 35.5. The van der Waals surface area contributed by atoms with Crippen LogP contribution in [0.1, 0.15) is 11.3 Å². The van der Waals surface area contributed by atoms with E-state index in [0.29, 0.717) is 55.9 Å². The average molecular weight is 452 g/mol. The molecule has 0 aliphatic carbocycles. The van der Waals surface area contributed by atoms with Crippen molar-refractivity contribution in [3.8, 4) is 0 Å². The Hall–Kier alpha value is -1.94. The third-order valence-electron chi connectivity index (χ3n) is 5.45. The molecule has 0 amide bonds. The number of morpholine rings is 1.